The van der Waals surface area contributed by atoms with Crippen LogP contribution < -0.4 is 5.32 Å². The molecule has 1 aliphatic carbocycles. The van der Waals surface area contributed by atoms with Gasteiger partial charge in [-0.3, -0.25) is 9.59 Å². The van der Waals surface area contributed by atoms with E-state index in [1.165, 1.54) is 4.57 Å². The number of carbonyl (C=O) groups is 3. The normalized spacial score (nSPS) is 15.5. The number of hydrogen-bond acceptors (Lipinski definition) is 4. The number of carbonyl (C=O) groups excluding carboxylic acids is 3. The molecule has 0 unspecified atom stereocenters. The SMILES string of the molecule is CC(C)(C)OC(=O)n1c(CNC(=O)C2(C)CC2)cc2ccc(C=O)cc21. The molecule has 6 nitrogen and oxygen atoms in total. The first kappa shape index (κ1) is 18.2. The summed E-state index contributed by atoms with van der Waals surface area (Å²) >= 11 is 0. The van der Waals surface area contributed by atoms with Gasteiger partial charge in [0.2, 0.25) is 5.91 Å². The Balaban J connectivity index is 1.97. The van der Waals surface area contributed by atoms with Gasteiger partial charge in [0.25, 0.3) is 0 Å². The molecule has 0 atom stereocenters. The lowest BCUT2D eigenvalue weighted by atomic mass is 10.1. The van der Waals surface area contributed by atoms with Gasteiger partial charge in [0.15, 0.2) is 0 Å². The van der Waals surface area contributed by atoms with Gasteiger partial charge in [-0.25, -0.2) is 9.36 Å². The third-order valence-electron chi connectivity index (χ3n) is 4.60. The zero-order valence-corrected chi connectivity index (χ0v) is 15.6. The molecule has 3 rings (SSSR count). The Morgan fingerprint density at radius 3 is 2.54 bits per heavy atom. The van der Waals surface area contributed by atoms with Crippen LogP contribution in [0.4, 0.5) is 4.79 Å². The van der Waals surface area contributed by atoms with E-state index < -0.39 is 11.7 Å². The standard InChI is InChI=1S/C20H24N2O4/c1-19(2,3)26-18(25)22-15(11-21-17(24)20(4)7-8-20)10-14-6-5-13(12-23)9-16(14)22/h5-6,9-10,12H,7-8,11H2,1-4H3,(H,21,24). The Bertz CT molecular complexity index is 885. The lowest BCUT2D eigenvalue weighted by molar-refractivity contribution is -0.125. The molecule has 1 aromatic heterocycles. The van der Waals surface area contributed by atoms with Gasteiger partial charge in [-0.1, -0.05) is 19.1 Å². The van der Waals surface area contributed by atoms with Crippen molar-refractivity contribution < 1.29 is 19.1 Å². The first-order valence-electron chi connectivity index (χ1n) is 8.74. The zero-order chi connectivity index (χ0) is 19.1. The predicted octanol–water partition coefficient (Wildman–Crippen LogP) is 3.65. The van der Waals surface area contributed by atoms with Crippen LogP contribution in [0.15, 0.2) is 24.3 Å². The second-order valence-corrected chi connectivity index (χ2v) is 8.13. The molecule has 2 aromatic rings. The minimum absolute atomic E-state index is 0.00734. The van der Waals surface area contributed by atoms with Crippen molar-refractivity contribution in [1.29, 1.82) is 0 Å². The van der Waals surface area contributed by atoms with Gasteiger partial charge in [0, 0.05) is 22.1 Å². The molecule has 1 heterocycles. The van der Waals surface area contributed by atoms with Crippen molar-refractivity contribution in [3.63, 3.8) is 0 Å². The van der Waals surface area contributed by atoms with Crippen molar-refractivity contribution in [1.82, 2.24) is 9.88 Å². The Morgan fingerprint density at radius 2 is 1.96 bits per heavy atom. The van der Waals surface area contributed by atoms with E-state index in [1.807, 2.05) is 13.0 Å². The minimum Gasteiger partial charge on any atom is -0.443 e. The van der Waals surface area contributed by atoms with Crippen LogP contribution in [-0.2, 0) is 16.1 Å². The number of nitrogens with zero attached hydrogens (tertiary/aromatic N) is 1. The molecular weight excluding hydrogens is 332 g/mol. The zero-order valence-electron chi connectivity index (χ0n) is 15.6. The van der Waals surface area contributed by atoms with Crippen LogP contribution in [-0.4, -0.2) is 28.5 Å². The molecule has 0 radical (unpaired) electrons. The van der Waals surface area contributed by atoms with Crippen LogP contribution in [0.3, 0.4) is 0 Å². The quantitative estimate of drug-likeness (QED) is 0.848. The molecule has 1 fully saturated rings. The van der Waals surface area contributed by atoms with Gasteiger partial charge >= 0.3 is 6.09 Å². The van der Waals surface area contributed by atoms with E-state index in [1.54, 1.807) is 39.0 Å². The fourth-order valence-corrected chi connectivity index (χ4v) is 2.80. The van der Waals surface area contributed by atoms with E-state index in [9.17, 15) is 14.4 Å². The number of aromatic nitrogens is 1. The van der Waals surface area contributed by atoms with Gasteiger partial charge in [-0.2, -0.15) is 0 Å². The fraction of sp³-hybridized carbons (Fsp3) is 0.450. The van der Waals surface area contributed by atoms with E-state index in [0.717, 1.165) is 24.5 Å². The monoisotopic (exact) mass is 356 g/mol. The van der Waals surface area contributed by atoms with Crippen LogP contribution in [0.2, 0.25) is 0 Å². The average molecular weight is 356 g/mol. The molecule has 0 aliphatic heterocycles. The second kappa shape index (κ2) is 6.27. The maximum atomic E-state index is 12.7. The minimum atomic E-state index is -0.655. The Hall–Kier alpha value is -2.63. The van der Waals surface area contributed by atoms with Gasteiger partial charge in [0.05, 0.1) is 12.1 Å². The summed E-state index contributed by atoms with van der Waals surface area (Å²) in [7, 11) is 0. The van der Waals surface area contributed by atoms with Gasteiger partial charge in [0.1, 0.15) is 11.9 Å². The molecular formula is C20H24N2O4. The number of amides is 1. The smallest absolute Gasteiger partial charge is 0.419 e. The lowest BCUT2D eigenvalue weighted by Gasteiger charge is -2.21. The van der Waals surface area contributed by atoms with Crippen molar-refractivity contribution in [3.8, 4) is 0 Å². The molecule has 1 aliphatic rings. The molecule has 138 valence electrons. The summed E-state index contributed by atoms with van der Waals surface area (Å²) < 4.78 is 6.95. The van der Waals surface area contributed by atoms with Crippen LogP contribution in [0.1, 0.15) is 56.6 Å². The number of hydrogen-bond donors (Lipinski definition) is 1. The summed E-state index contributed by atoms with van der Waals surface area (Å²) in [6, 6.07) is 6.97. The van der Waals surface area contributed by atoms with Crippen molar-refractivity contribution in [3.05, 3.63) is 35.5 Å². The van der Waals surface area contributed by atoms with Crippen LogP contribution in [0.25, 0.3) is 10.9 Å². The second-order valence-electron chi connectivity index (χ2n) is 8.13. The Kier molecular flexibility index (Phi) is 4.38. The number of nitrogens with one attached hydrogen (secondary N) is 1. The van der Waals surface area contributed by atoms with Crippen LogP contribution in [0.5, 0.6) is 0 Å². The third-order valence-corrected chi connectivity index (χ3v) is 4.60. The van der Waals surface area contributed by atoms with E-state index in [2.05, 4.69) is 5.32 Å². The molecule has 6 heteroatoms. The number of ether oxygens (including phenoxy) is 1. The summed E-state index contributed by atoms with van der Waals surface area (Å²) in [5.74, 6) is -0.00734. The predicted molar refractivity (Wildman–Crippen MR) is 98.1 cm³/mol. The number of rotatable bonds is 4. The summed E-state index contributed by atoms with van der Waals surface area (Å²) in [5.41, 5.74) is 0.743. The highest BCUT2D eigenvalue weighted by molar-refractivity contribution is 5.94. The lowest BCUT2D eigenvalue weighted by Crippen LogP contribution is -2.32. The number of aldehydes is 1. The molecule has 1 saturated carbocycles. The Morgan fingerprint density at radius 1 is 1.27 bits per heavy atom. The highest BCUT2D eigenvalue weighted by atomic mass is 16.6. The maximum absolute atomic E-state index is 12.7. The highest BCUT2D eigenvalue weighted by Gasteiger charge is 2.44. The molecule has 0 bridgehead atoms. The summed E-state index contributed by atoms with van der Waals surface area (Å²) in [6.07, 6.45) is 1.98. The Labute approximate surface area is 152 Å². The molecule has 26 heavy (non-hydrogen) atoms. The van der Waals surface area contributed by atoms with Gasteiger partial charge < -0.3 is 10.1 Å². The molecule has 0 saturated heterocycles. The molecule has 1 aromatic carbocycles. The first-order valence-corrected chi connectivity index (χ1v) is 8.74. The molecule has 0 spiro atoms. The van der Waals surface area contributed by atoms with E-state index >= 15 is 0 Å². The van der Waals surface area contributed by atoms with E-state index in [0.29, 0.717) is 16.8 Å². The topological polar surface area (TPSA) is 77.4 Å². The largest absolute Gasteiger partial charge is 0.443 e. The number of fused-ring (bicyclic) bond motifs is 1. The average Bonchev–Trinajstić information content (AvgIpc) is 3.20. The van der Waals surface area contributed by atoms with E-state index in [4.69, 9.17) is 4.74 Å². The highest BCUT2D eigenvalue weighted by Crippen LogP contribution is 2.45. The van der Waals surface area contributed by atoms with Crippen LogP contribution in [0, 0.1) is 5.41 Å². The number of benzene rings is 1. The van der Waals surface area contributed by atoms with Crippen molar-refractivity contribution in [2.75, 3.05) is 0 Å². The summed E-state index contributed by atoms with van der Waals surface area (Å²) in [6.45, 7) is 7.54. The van der Waals surface area contributed by atoms with Crippen molar-refractivity contribution in [2.45, 2.75) is 52.7 Å². The third kappa shape index (κ3) is 3.64. The molecule has 1 amide bonds. The summed E-state index contributed by atoms with van der Waals surface area (Å²) in [5, 5.41) is 3.72. The molecule has 1 N–H and O–H groups in total. The first-order chi connectivity index (χ1) is 12.1. The van der Waals surface area contributed by atoms with Crippen LogP contribution >= 0.6 is 0 Å². The van der Waals surface area contributed by atoms with Crippen molar-refractivity contribution >= 4 is 29.2 Å². The van der Waals surface area contributed by atoms with E-state index in [-0.39, 0.29) is 17.9 Å². The maximum Gasteiger partial charge on any atom is 0.419 e. The van der Waals surface area contributed by atoms with Gasteiger partial charge in [-0.05, 0) is 45.7 Å². The van der Waals surface area contributed by atoms with Crippen molar-refractivity contribution in [2.24, 2.45) is 5.41 Å². The van der Waals surface area contributed by atoms with Gasteiger partial charge in [-0.15, -0.1) is 0 Å². The summed E-state index contributed by atoms with van der Waals surface area (Å²) in [4.78, 5) is 36.1. The fourth-order valence-electron chi connectivity index (χ4n) is 2.80.